The fourth-order valence-electron chi connectivity index (χ4n) is 3.03. The summed E-state index contributed by atoms with van der Waals surface area (Å²) in [5, 5.41) is 6.81. The summed E-state index contributed by atoms with van der Waals surface area (Å²) in [6.07, 6.45) is 6.10. The monoisotopic (exact) mass is 402 g/mol. The predicted molar refractivity (Wildman–Crippen MR) is 94.0 cm³/mol. The van der Waals surface area contributed by atoms with Crippen LogP contribution < -0.4 is 10.6 Å². The number of guanidine groups is 1. The molecule has 1 aromatic rings. The van der Waals surface area contributed by atoms with E-state index in [1.807, 2.05) is 12.3 Å². The van der Waals surface area contributed by atoms with Crippen molar-refractivity contribution in [2.24, 2.45) is 4.99 Å². The maximum Gasteiger partial charge on any atom is 0.191 e. The van der Waals surface area contributed by atoms with Crippen LogP contribution in [0.5, 0.6) is 0 Å². The molecule has 2 saturated heterocycles. The summed E-state index contributed by atoms with van der Waals surface area (Å²) in [4.78, 5) is 8.68. The Balaban J connectivity index is 0.00000161. The van der Waals surface area contributed by atoms with Crippen molar-refractivity contribution in [1.29, 1.82) is 0 Å². The Labute approximate surface area is 143 Å². The van der Waals surface area contributed by atoms with Gasteiger partial charge in [0.1, 0.15) is 0 Å². The van der Waals surface area contributed by atoms with Gasteiger partial charge in [0.2, 0.25) is 0 Å². The van der Waals surface area contributed by atoms with Gasteiger partial charge in [0.15, 0.2) is 5.96 Å². The second kappa shape index (κ2) is 7.40. The molecule has 2 fully saturated rings. The molecule has 2 aliphatic rings. The van der Waals surface area contributed by atoms with E-state index in [9.17, 15) is 0 Å². The number of hydrogen-bond acceptors (Lipinski definition) is 3. The van der Waals surface area contributed by atoms with E-state index in [4.69, 9.17) is 4.74 Å². The second-order valence-corrected chi connectivity index (χ2v) is 5.55. The largest absolute Gasteiger partial charge is 0.373 e. The first-order chi connectivity index (χ1) is 9.76. The number of nitrogens with one attached hydrogen (secondary N) is 2. The molecule has 5 nitrogen and oxygen atoms in total. The van der Waals surface area contributed by atoms with E-state index in [0.29, 0.717) is 24.8 Å². The third-order valence-corrected chi connectivity index (χ3v) is 4.19. The third-order valence-electron chi connectivity index (χ3n) is 4.19. The first-order valence-electron chi connectivity index (χ1n) is 7.29. The zero-order chi connectivity index (χ0) is 13.9. The quantitative estimate of drug-likeness (QED) is 0.461. The van der Waals surface area contributed by atoms with Crippen molar-refractivity contribution in [3.8, 4) is 0 Å². The highest BCUT2D eigenvalue weighted by molar-refractivity contribution is 14.0. The van der Waals surface area contributed by atoms with Crippen LogP contribution in [0.1, 0.15) is 30.5 Å². The van der Waals surface area contributed by atoms with Gasteiger partial charge in [-0.3, -0.25) is 9.98 Å². The summed E-state index contributed by atoms with van der Waals surface area (Å²) in [6, 6.07) is 4.42. The number of fused-ring (bicyclic) bond motifs is 2. The Morgan fingerprint density at radius 2 is 2.33 bits per heavy atom. The molecule has 3 atom stereocenters. The molecule has 116 valence electrons. The first-order valence-corrected chi connectivity index (χ1v) is 7.29. The van der Waals surface area contributed by atoms with Crippen molar-refractivity contribution in [3.05, 3.63) is 29.6 Å². The van der Waals surface area contributed by atoms with Gasteiger partial charge in [-0.05, 0) is 37.8 Å². The lowest BCUT2D eigenvalue weighted by molar-refractivity contribution is 0.0992. The average Bonchev–Trinajstić information content (AvgIpc) is 3.07. The lowest BCUT2D eigenvalue weighted by Crippen LogP contribution is -2.47. The number of rotatable bonds is 3. The van der Waals surface area contributed by atoms with Gasteiger partial charge in [0.25, 0.3) is 0 Å². The van der Waals surface area contributed by atoms with Gasteiger partial charge in [-0.15, -0.1) is 24.0 Å². The topological polar surface area (TPSA) is 58.5 Å². The van der Waals surface area contributed by atoms with E-state index in [-0.39, 0.29) is 24.0 Å². The van der Waals surface area contributed by atoms with Gasteiger partial charge in [0.05, 0.1) is 30.5 Å². The van der Waals surface area contributed by atoms with Crippen molar-refractivity contribution >= 4 is 29.9 Å². The van der Waals surface area contributed by atoms with E-state index in [1.165, 1.54) is 18.4 Å². The molecular formula is C15H23IN4O. The minimum Gasteiger partial charge on any atom is -0.373 e. The van der Waals surface area contributed by atoms with E-state index in [0.717, 1.165) is 18.1 Å². The highest BCUT2D eigenvalue weighted by Gasteiger charge is 2.41. The number of ether oxygens (including phenoxy) is 1. The number of halogens is 1. The molecule has 2 N–H and O–H groups in total. The maximum atomic E-state index is 5.85. The van der Waals surface area contributed by atoms with Crippen LogP contribution in [0.4, 0.5) is 0 Å². The van der Waals surface area contributed by atoms with E-state index in [1.54, 1.807) is 7.05 Å². The van der Waals surface area contributed by atoms with E-state index < -0.39 is 0 Å². The fourth-order valence-corrected chi connectivity index (χ4v) is 3.03. The fraction of sp³-hybridized carbons (Fsp3) is 0.600. The lowest BCUT2D eigenvalue weighted by Gasteiger charge is -2.22. The van der Waals surface area contributed by atoms with Crippen LogP contribution in [0.15, 0.2) is 23.3 Å². The summed E-state index contributed by atoms with van der Waals surface area (Å²) in [6.45, 7) is 2.76. The molecule has 3 heterocycles. The molecule has 21 heavy (non-hydrogen) atoms. The molecule has 1 aromatic heterocycles. The Kier molecular flexibility index (Phi) is 5.80. The van der Waals surface area contributed by atoms with Crippen LogP contribution in [0.25, 0.3) is 0 Å². The van der Waals surface area contributed by atoms with Gasteiger partial charge >= 0.3 is 0 Å². The second-order valence-electron chi connectivity index (χ2n) is 5.55. The summed E-state index contributed by atoms with van der Waals surface area (Å²) in [5.74, 6) is 0.830. The number of aromatic nitrogens is 1. The Hall–Kier alpha value is -0.890. The molecular weight excluding hydrogens is 379 g/mol. The van der Waals surface area contributed by atoms with Crippen molar-refractivity contribution in [3.63, 3.8) is 0 Å². The van der Waals surface area contributed by atoms with Gasteiger partial charge in [-0.25, -0.2) is 0 Å². The number of aryl methyl sites for hydroxylation is 1. The highest BCUT2D eigenvalue weighted by Crippen LogP contribution is 2.34. The molecule has 2 bridgehead atoms. The number of nitrogens with zero attached hydrogens (tertiary/aromatic N) is 2. The Morgan fingerprint density at radius 1 is 1.48 bits per heavy atom. The molecule has 3 unspecified atom stereocenters. The molecule has 0 aliphatic carbocycles. The lowest BCUT2D eigenvalue weighted by atomic mass is 9.96. The van der Waals surface area contributed by atoms with Gasteiger partial charge in [0, 0.05) is 13.2 Å². The zero-order valence-electron chi connectivity index (χ0n) is 12.5. The molecule has 0 saturated carbocycles. The molecule has 3 rings (SSSR count). The van der Waals surface area contributed by atoms with Crippen LogP contribution in [0.2, 0.25) is 0 Å². The molecule has 2 aliphatic heterocycles. The Morgan fingerprint density at radius 3 is 2.95 bits per heavy atom. The normalized spacial score (nSPS) is 27.3. The molecule has 6 heteroatoms. The summed E-state index contributed by atoms with van der Waals surface area (Å²) in [7, 11) is 1.80. The molecule has 0 spiro atoms. The zero-order valence-corrected chi connectivity index (χ0v) is 14.8. The molecule has 0 radical (unpaired) electrons. The predicted octanol–water partition coefficient (Wildman–Crippen LogP) is 1.99. The maximum absolute atomic E-state index is 5.85. The molecule has 0 amide bonds. The van der Waals surface area contributed by atoms with Crippen LogP contribution >= 0.6 is 24.0 Å². The molecule has 0 aromatic carbocycles. The number of pyridine rings is 1. The number of hydrogen-bond donors (Lipinski definition) is 2. The van der Waals surface area contributed by atoms with E-state index in [2.05, 4.69) is 33.6 Å². The highest BCUT2D eigenvalue weighted by atomic mass is 127. The first kappa shape index (κ1) is 16.5. The van der Waals surface area contributed by atoms with Crippen molar-refractivity contribution in [1.82, 2.24) is 15.6 Å². The smallest absolute Gasteiger partial charge is 0.191 e. The van der Waals surface area contributed by atoms with Crippen LogP contribution in [0, 0.1) is 6.92 Å². The van der Waals surface area contributed by atoms with E-state index >= 15 is 0 Å². The summed E-state index contributed by atoms with van der Waals surface area (Å²) >= 11 is 0. The van der Waals surface area contributed by atoms with Crippen LogP contribution in [-0.2, 0) is 11.3 Å². The minimum absolute atomic E-state index is 0. The van der Waals surface area contributed by atoms with Crippen molar-refractivity contribution < 1.29 is 4.74 Å². The summed E-state index contributed by atoms with van der Waals surface area (Å²) in [5.41, 5.74) is 2.25. The summed E-state index contributed by atoms with van der Waals surface area (Å²) < 4.78 is 5.85. The minimum atomic E-state index is 0. The standard InChI is InChI=1S/C15H22N4O.HI/c1-10-4-3-7-17-13(10)9-18-15(16-2)19-12-8-11-5-6-14(12)20-11;/h3-4,7,11-12,14H,5-6,8-9H2,1-2H3,(H2,16,18,19);1H. The van der Waals surface area contributed by atoms with Crippen molar-refractivity contribution in [2.75, 3.05) is 7.05 Å². The van der Waals surface area contributed by atoms with Crippen LogP contribution in [0.3, 0.4) is 0 Å². The third kappa shape index (κ3) is 3.85. The van der Waals surface area contributed by atoms with Crippen molar-refractivity contribution in [2.45, 2.75) is 51.0 Å². The SMILES string of the molecule is CN=C(NCc1ncccc1C)NC1CC2CCC1O2.I. The van der Waals surface area contributed by atoms with Crippen LogP contribution in [-0.4, -0.2) is 36.2 Å². The van der Waals surface area contributed by atoms with Gasteiger partial charge in [-0.1, -0.05) is 6.07 Å². The average molecular weight is 402 g/mol. The van der Waals surface area contributed by atoms with Gasteiger partial charge in [-0.2, -0.15) is 0 Å². The Bertz CT molecular complexity index is 508. The van der Waals surface area contributed by atoms with Gasteiger partial charge < -0.3 is 15.4 Å². The number of aliphatic imine (C=N–C) groups is 1.